The molecule has 0 bridgehead atoms. The van der Waals surface area contributed by atoms with Crippen LogP contribution in [0.5, 0.6) is 5.75 Å². The number of nitrogens with zero attached hydrogens (tertiary/aromatic N) is 4. The molecule has 1 saturated carbocycles. The number of amides is 1. The number of carbonyl (C=O) groups is 2. The van der Waals surface area contributed by atoms with E-state index in [1.165, 1.54) is 6.20 Å². The van der Waals surface area contributed by atoms with E-state index in [4.69, 9.17) is 10.8 Å². The number of ether oxygens (including phenoxy) is 1. The second-order valence-corrected chi connectivity index (χ2v) is 11.1. The van der Waals surface area contributed by atoms with E-state index in [2.05, 4.69) is 10.8 Å². The molecule has 3 atom stereocenters. The Balaban J connectivity index is 0.00000353. The van der Waals surface area contributed by atoms with Crippen molar-refractivity contribution in [3.05, 3.63) is 33.9 Å². The molecule has 1 aromatic carbocycles. The minimum absolute atomic E-state index is 0. The number of benzene rings is 1. The number of carboxylic acid groups (broad SMARTS) is 1. The summed E-state index contributed by atoms with van der Waals surface area (Å²) in [5.41, 5.74) is 5.85. The van der Waals surface area contributed by atoms with Gasteiger partial charge in [-0.05, 0) is 50.0 Å². The Morgan fingerprint density at radius 1 is 1.28 bits per heavy atom. The average molecular weight is 562 g/mol. The average Bonchev–Trinajstić information content (AvgIpc) is 3.61. The van der Waals surface area contributed by atoms with Crippen molar-refractivity contribution in [2.45, 2.75) is 64.1 Å². The van der Waals surface area contributed by atoms with Gasteiger partial charge in [0, 0.05) is 25.7 Å². The summed E-state index contributed by atoms with van der Waals surface area (Å²) in [6.45, 7) is 5.47. The molecule has 2 aliphatic heterocycles. The molecular formula is C27H33ClFN5O5. The highest BCUT2D eigenvalue weighted by molar-refractivity contribution is 5.92. The van der Waals surface area contributed by atoms with Crippen LogP contribution in [0.2, 0.25) is 0 Å². The number of halogens is 2. The minimum atomic E-state index is -1.65. The number of nitriles is 1. The van der Waals surface area contributed by atoms with Gasteiger partial charge in [-0.3, -0.25) is 9.59 Å². The van der Waals surface area contributed by atoms with Crippen LogP contribution in [0.4, 0.5) is 14.9 Å². The Morgan fingerprint density at radius 3 is 2.62 bits per heavy atom. The lowest BCUT2D eigenvalue weighted by Crippen LogP contribution is -2.54. The maximum absolute atomic E-state index is 15.7. The highest BCUT2D eigenvalue weighted by Crippen LogP contribution is 2.42. The molecule has 12 heteroatoms. The van der Waals surface area contributed by atoms with Crippen molar-refractivity contribution >= 4 is 41.1 Å². The van der Waals surface area contributed by atoms with E-state index in [1.807, 2.05) is 23.6 Å². The van der Waals surface area contributed by atoms with Gasteiger partial charge in [0.2, 0.25) is 11.3 Å². The number of piperidine rings is 1. The van der Waals surface area contributed by atoms with Crippen LogP contribution in [-0.4, -0.2) is 58.4 Å². The predicted molar refractivity (Wildman–Crippen MR) is 145 cm³/mol. The molecule has 0 radical (unpaired) electrons. The third-order valence-electron chi connectivity index (χ3n) is 7.88. The van der Waals surface area contributed by atoms with Crippen LogP contribution < -0.4 is 20.8 Å². The van der Waals surface area contributed by atoms with Crippen LogP contribution in [0, 0.1) is 29.0 Å². The van der Waals surface area contributed by atoms with Crippen molar-refractivity contribution in [2.75, 3.05) is 24.5 Å². The Hall–Kier alpha value is -3.36. The lowest BCUT2D eigenvalue weighted by Gasteiger charge is -2.38. The number of hydrogen-bond acceptors (Lipinski definition) is 7. The standard InChI is InChI=1S/C27H32FN5O5.ClH/c1-14(2)8-20(30)26(35)32-7-3-4-15-11-31(12-21(15)32)24-18(10-29)23-17(9-19(24)28)25(34)22(38-27(36)37)13-33(23)16-5-6-16;/h9,13-16,20-21H,3-8,11-12,30H2,1-2H3,(H,36,37);1H/t15-,20-,21+;/m0./s1. The first kappa shape index (κ1) is 28.6. The van der Waals surface area contributed by atoms with E-state index in [-0.39, 0.29) is 64.4 Å². The highest BCUT2D eigenvalue weighted by Gasteiger charge is 2.43. The highest BCUT2D eigenvalue weighted by atomic mass is 35.5. The fourth-order valence-corrected chi connectivity index (χ4v) is 6.13. The van der Waals surface area contributed by atoms with Gasteiger partial charge >= 0.3 is 6.16 Å². The van der Waals surface area contributed by atoms with Crippen molar-refractivity contribution < 1.29 is 23.8 Å². The summed E-state index contributed by atoms with van der Waals surface area (Å²) in [6.07, 6.45) is 3.51. The molecule has 10 nitrogen and oxygen atoms in total. The first-order valence-corrected chi connectivity index (χ1v) is 13.1. The molecule has 1 aromatic heterocycles. The van der Waals surface area contributed by atoms with Crippen LogP contribution in [0.15, 0.2) is 17.1 Å². The van der Waals surface area contributed by atoms with Crippen LogP contribution >= 0.6 is 12.4 Å². The molecule has 3 fully saturated rings. The van der Waals surface area contributed by atoms with Crippen LogP contribution in [0.1, 0.15) is 57.6 Å². The van der Waals surface area contributed by atoms with Crippen molar-refractivity contribution in [3.8, 4) is 11.8 Å². The van der Waals surface area contributed by atoms with Gasteiger partial charge in [-0.2, -0.15) is 5.26 Å². The molecular weight excluding hydrogens is 529 g/mol. The monoisotopic (exact) mass is 561 g/mol. The number of pyridine rings is 1. The van der Waals surface area contributed by atoms with Gasteiger partial charge in [0.25, 0.3) is 0 Å². The predicted octanol–water partition coefficient (Wildman–Crippen LogP) is 3.63. The summed E-state index contributed by atoms with van der Waals surface area (Å²) in [6, 6.07) is 2.41. The fourth-order valence-electron chi connectivity index (χ4n) is 6.13. The van der Waals surface area contributed by atoms with Crippen LogP contribution in [0.25, 0.3) is 10.9 Å². The lowest BCUT2D eigenvalue weighted by atomic mass is 9.91. The molecule has 2 aromatic rings. The summed E-state index contributed by atoms with van der Waals surface area (Å²) in [7, 11) is 0. The number of aromatic nitrogens is 1. The molecule has 3 heterocycles. The molecule has 3 aliphatic rings. The largest absolute Gasteiger partial charge is 0.511 e. The topological polar surface area (TPSA) is 142 Å². The van der Waals surface area contributed by atoms with Crippen molar-refractivity contribution in [1.29, 1.82) is 5.26 Å². The zero-order chi connectivity index (χ0) is 27.3. The smallest absolute Gasteiger partial charge is 0.449 e. The molecule has 0 spiro atoms. The lowest BCUT2D eigenvalue weighted by molar-refractivity contribution is -0.137. The van der Waals surface area contributed by atoms with E-state index >= 15 is 4.39 Å². The normalized spacial score (nSPS) is 21.3. The van der Waals surface area contributed by atoms with Gasteiger partial charge in [0.15, 0.2) is 5.75 Å². The van der Waals surface area contributed by atoms with Gasteiger partial charge in [-0.25, -0.2) is 9.18 Å². The zero-order valence-electron chi connectivity index (χ0n) is 21.9. The van der Waals surface area contributed by atoms with E-state index < -0.39 is 29.2 Å². The second-order valence-electron chi connectivity index (χ2n) is 11.1. The Bertz CT molecular complexity index is 1400. The van der Waals surface area contributed by atoms with E-state index in [9.17, 15) is 19.6 Å². The molecule has 5 rings (SSSR count). The number of anilines is 1. The van der Waals surface area contributed by atoms with Crippen molar-refractivity contribution in [2.24, 2.45) is 17.6 Å². The van der Waals surface area contributed by atoms with Gasteiger partial charge in [-0.15, -0.1) is 12.4 Å². The summed E-state index contributed by atoms with van der Waals surface area (Å²) >= 11 is 0. The summed E-state index contributed by atoms with van der Waals surface area (Å²) in [5.74, 6) is -0.869. The van der Waals surface area contributed by atoms with Crippen LogP contribution in [-0.2, 0) is 4.79 Å². The van der Waals surface area contributed by atoms with Crippen molar-refractivity contribution in [1.82, 2.24) is 9.47 Å². The van der Waals surface area contributed by atoms with Crippen molar-refractivity contribution in [3.63, 3.8) is 0 Å². The van der Waals surface area contributed by atoms with Gasteiger partial charge < -0.3 is 29.9 Å². The second kappa shape index (κ2) is 11.0. The number of nitrogens with two attached hydrogens (primary N) is 1. The third kappa shape index (κ3) is 5.28. The summed E-state index contributed by atoms with van der Waals surface area (Å²) in [5, 5.41) is 19.2. The SMILES string of the molecule is CC(C)C[C@H](N)C(=O)N1CCC[C@H]2CN(c3c(F)cc4c(=O)c(OC(=O)O)cn(C5CC5)c4c3C#N)C[C@H]21.Cl. The van der Waals surface area contributed by atoms with Crippen LogP contribution in [0.3, 0.4) is 0 Å². The number of likely N-dealkylation sites (tertiary alicyclic amines) is 1. The van der Waals surface area contributed by atoms with Gasteiger partial charge in [0.05, 0.1) is 34.9 Å². The van der Waals surface area contributed by atoms with E-state index in [0.29, 0.717) is 26.1 Å². The molecule has 210 valence electrons. The first-order chi connectivity index (χ1) is 18.1. The first-order valence-electron chi connectivity index (χ1n) is 13.1. The molecule has 0 unspecified atom stereocenters. The number of fused-ring (bicyclic) bond motifs is 2. The minimum Gasteiger partial charge on any atom is -0.449 e. The Labute approximate surface area is 231 Å². The number of hydrogen-bond donors (Lipinski definition) is 2. The molecule has 1 aliphatic carbocycles. The van der Waals surface area contributed by atoms with E-state index in [1.54, 1.807) is 4.57 Å². The quantitative estimate of drug-likeness (QED) is 0.509. The van der Waals surface area contributed by atoms with Gasteiger partial charge in [-0.1, -0.05) is 13.8 Å². The molecule has 2 saturated heterocycles. The Kier molecular flexibility index (Phi) is 8.09. The molecule has 1 amide bonds. The molecule has 3 N–H and O–H groups in total. The van der Waals surface area contributed by atoms with E-state index in [0.717, 1.165) is 31.7 Å². The molecule has 39 heavy (non-hydrogen) atoms. The fraction of sp³-hybridized carbons (Fsp3) is 0.556. The third-order valence-corrected chi connectivity index (χ3v) is 7.88. The van der Waals surface area contributed by atoms with Gasteiger partial charge in [0.1, 0.15) is 17.4 Å². The summed E-state index contributed by atoms with van der Waals surface area (Å²) < 4.78 is 22.1. The summed E-state index contributed by atoms with van der Waals surface area (Å²) in [4.78, 5) is 41.0. The number of carbonyl (C=O) groups excluding carboxylic acids is 1. The Morgan fingerprint density at radius 2 is 2.00 bits per heavy atom. The number of rotatable bonds is 6. The maximum Gasteiger partial charge on any atom is 0.511 e. The maximum atomic E-state index is 15.7. The zero-order valence-corrected chi connectivity index (χ0v) is 22.7.